The highest BCUT2D eigenvalue weighted by Crippen LogP contribution is 2.36. The van der Waals surface area contributed by atoms with Crippen molar-refractivity contribution < 1.29 is 23.9 Å². The van der Waals surface area contributed by atoms with E-state index in [0.717, 1.165) is 22.2 Å². The highest BCUT2D eigenvalue weighted by atomic mass is 32.2. The van der Waals surface area contributed by atoms with Gasteiger partial charge < -0.3 is 14.8 Å². The highest BCUT2D eigenvalue weighted by Gasteiger charge is 2.34. The Balaban J connectivity index is 1.29. The number of carbonyl (C=O) groups is 3. The third-order valence-corrected chi connectivity index (χ3v) is 6.66. The summed E-state index contributed by atoms with van der Waals surface area (Å²) in [6.07, 6.45) is 1.64. The zero-order chi connectivity index (χ0) is 20.2. The van der Waals surface area contributed by atoms with Crippen LogP contribution in [0.25, 0.3) is 6.08 Å². The SMILES string of the molecule is O=C(CSc1nncs1)NCCN1C(=O)S/C(=C/c2ccc3c(c2)OCO3)C1=O. The molecule has 1 fully saturated rings. The first-order chi connectivity index (χ1) is 14.1. The second-order valence-electron chi connectivity index (χ2n) is 5.79. The summed E-state index contributed by atoms with van der Waals surface area (Å²) in [7, 11) is 0. The molecule has 3 heterocycles. The molecule has 9 nitrogen and oxygen atoms in total. The molecule has 0 bridgehead atoms. The van der Waals surface area contributed by atoms with E-state index >= 15 is 0 Å². The van der Waals surface area contributed by atoms with Gasteiger partial charge >= 0.3 is 0 Å². The molecule has 0 unspecified atom stereocenters. The van der Waals surface area contributed by atoms with Gasteiger partial charge in [-0.15, -0.1) is 10.2 Å². The van der Waals surface area contributed by atoms with Crippen LogP contribution in [-0.4, -0.2) is 57.8 Å². The van der Waals surface area contributed by atoms with Gasteiger partial charge in [0, 0.05) is 13.1 Å². The molecule has 1 aromatic carbocycles. The Morgan fingerprint density at radius 1 is 1.31 bits per heavy atom. The molecule has 29 heavy (non-hydrogen) atoms. The lowest BCUT2D eigenvalue weighted by atomic mass is 10.2. The Kier molecular flexibility index (Phi) is 6.02. The minimum Gasteiger partial charge on any atom is -0.454 e. The van der Waals surface area contributed by atoms with E-state index in [9.17, 15) is 14.4 Å². The van der Waals surface area contributed by atoms with E-state index in [4.69, 9.17) is 9.47 Å². The van der Waals surface area contributed by atoms with Crippen molar-refractivity contribution in [1.29, 1.82) is 0 Å². The zero-order valence-corrected chi connectivity index (χ0v) is 17.3. The second kappa shape index (κ2) is 8.84. The van der Waals surface area contributed by atoms with Gasteiger partial charge in [-0.05, 0) is 35.5 Å². The Bertz CT molecular complexity index is 979. The third-order valence-electron chi connectivity index (χ3n) is 3.89. The van der Waals surface area contributed by atoms with Crippen LogP contribution in [0.5, 0.6) is 11.5 Å². The first-order valence-electron chi connectivity index (χ1n) is 8.41. The number of nitrogens with one attached hydrogen (secondary N) is 1. The maximum atomic E-state index is 12.5. The van der Waals surface area contributed by atoms with Crippen LogP contribution in [0.4, 0.5) is 4.79 Å². The van der Waals surface area contributed by atoms with Crippen molar-refractivity contribution in [2.45, 2.75) is 4.34 Å². The van der Waals surface area contributed by atoms with Crippen LogP contribution in [0.1, 0.15) is 5.56 Å². The normalized spacial score (nSPS) is 16.7. The van der Waals surface area contributed by atoms with Crippen molar-refractivity contribution in [2.75, 3.05) is 25.6 Å². The molecule has 0 atom stereocenters. The predicted molar refractivity (Wildman–Crippen MR) is 109 cm³/mol. The number of amides is 3. The fourth-order valence-corrected chi connectivity index (χ4v) is 4.74. The van der Waals surface area contributed by atoms with Gasteiger partial charge in [0.2, 0.25) is 12.7 Å². The van der Waals surface area contributed by atoms with Gasteiger partial charge in [0.25, 0.3) is 11.1 Å². The first kappa shape index (κ1) is 19.7. The van der Waals surface area contributed by atoms with Crippen LogP contribution < -0.4 is 14.8 Å². The number of fused-ring (bicyclic) bond motifs is 1. The number of ether oxygens (including phenoxy) is 2. The maximum Gasteiger partial charge on any atom is 0.293 e. The van der Waals surface area contributed by atoms with Crippen LogP contribution in [0.15, 0.2) is 33.0 Å². The van der Waals surface area contributed by atoms with Gasteiger partial charge in [-0.3, -0.25) is 19.3 Å². The number of rotatable bonds is 7. The zero-order valence-electron chi connectivity index (χ0n) is 14.8. The number of hydrogen-bond acceptors (Lipinski definition) is 10. The quantitative estimate of drug-likeness (QED) is 0.501. The predicted octanol–water partition coefficient (Wildman–Crippen LogP) is 2.21. The molecule has 2 aliphatic heterocycles. The highest BCUT2D eigenvalue weighted by molar-refractivity contribution is 8.18. The van der Waals surface area contributed by atoms with Crippen LogP contribution in [0.2, 0.25) is 0 Å². The fraction of sp³-hybridized carbons (Fsp3) is 0.235. The summed E-state index contributed by atoms with van der Waals surface area (Å²) in [4.78, 5) is 38.0. The number of hydrogen-bond donors (Lipinski definition) is 1. The fourth-order valence-electron chi connectivity index (χ4n) is 2.56. The lowest BCUT2D eigenvalue weighted by molar-refractivity contribution is -0.123. The summed E-state index contributed by atoms with van der Waals surface area (Å²) in [6.45, 7) is 0.462. The van der Waals surface area contributed by atoms with Crippen LogP contribution in [-0.2, 0) is 9.59 Å². The minimum absolute atomic E-state index is 0.109. The molecule has 1 N–H and O–H groups in total. The van der Waals surface area contributed by atoms with Crippen LogP contribution in [0.3, 0.4) is 0 Å². The average Bonchev–Trinajstić information content (AvgIpc) is 3.44. The molecular weight excluding hydrogens is 436 g/mol. The van der Waals surface area contributed by atoms with Crippen molar-refractivity contribution in [3.8, 4) is 11.5 Å². The number of imide groups is 1. The van der Waals surface area contributed by atoms with Crippen molar-refractivity contribution in [1.82, 2.24) is 20.4 Å². The molecule has 0 saturated carbocycles. The standard InChI is InChI=1S/C17H14N4O5S3/c22-14(7-27-16-20-19-8-28-16)18-3-4-21-15(23)13(29-17(21)24)6-10-1-2-11-12(5-10)26-9-25-11/h1-2,5-6,8H,3-4,7,9H2,(H,18,22)/b13-6+. The van der Waals surface area contributed by atoms with Crippen LogP contribution >= 0.6 is 34.9 Å². The Hall–Kier alpha value is -2.57. The van der Waals surface area contributed by atoms with Gasteiger partial charge in [0.1, 0.15) is 5.51 Å². The maximum absolute atomic E-state index is 12.5. The largest absolute Gasteiger partial charge is 0.454 e. The lowest BCUT2D eigenvalue weighted by Gasteiger charge is -2.12. The van der Waals surface area contributed by atoms with Gasteiger partial charge in [-0.1, -0.05) is 29.2 Å². The summed E-state index contributed by atoms with van der Waals surface area (Å²) < 4.78 is 11.3. The monoisotopic (exact) mass is 450 g/mol. The molecular formula is C17H14N4O5S3. The Labute approximate surface area is 177 Å². The molecule has 3 amide bonds. The summed E-state index contributed by atoms with van der Waals surface area (Å²) in [6, 6.07) is 5.30. The Morgan fingerprint density at radius 3 is 3.00 bits per heavy atom. The number of benzene rings is 1. The summed E-state index contributed by atoms with van der Waals surface area (Å²) in [5.41, 5.74) is 2.33. The van der Waals surface area contributed by atoms with E-state index in [-0.39, 0.29) is 42.7 Å². The molecule has 150 valence electrons. The molecule has 0 aliphatic carbocycles. The summed E-state index contributed by atoms with van der Waals surface area (Å²) in [5, 5.41) is 9.88. The minimum atomic E-state index is -0.379. The average molecular weight is 451 g/mol. The van der Waals surface area contributed by atoms with E-state index in [0.29, 0.717) is 20.7 Å². The second-order valence-corrected chi connectivity index (χ2v) is 8.84. The van der Waals surface area contributed by atoms with Gasteiger partial charge in [0.15, 0.2) is 15.8 Å². The Morgan fingerprint density at radius 2 is 2.17 bits per heavy atom. The summed E-state index contributed by atoms with van der Waals surface area (Å²) in [5.74, 6) is 0.867. The van der Waals surface area contributed by atoms with Gasteiger partial charge in [-0.25, -0.2) is 0 Å². The number of aromatic nitrogens is 2. The molecule has 1 saturated heterocycles. The number of carbonyl (C=O) groups excluding carboxylic acids is 3. The third kappa shape index (κ3) is 4.71. The van der Waals surface area contributed by atoms with Crippen molar-refractivity contribution >= 4 is 58.0 Å². The number of nitrogens with zero attached hydrogens (tertiary/aromatic N) is 3. The van der Waals surface area contributed by atoms with E-state index in [1.807, 2.05) is 0 Å². The van der Waals surface area contributed by atoms with Gasteiger partial charge in [0.05, 0.1) is 10.7 Å². The van der Waals surface area contributed by atoms with E-state index in [1.165, 1.54) is 23.1 Å². The van der Waals surface area contributed by atoms with Crippen molar-refractivity contribution in [2.24, 2.45) is 0 Å². The van der Waals surface area contributed by atoms with Gasteiger partial charge in [-0.2, -0.15) is 0 Å². The molecule has 1 aromatic heterocycles. The van der Waals surface area contributed by atoms with Crippen molar-refractivity contribution in [3.63, 3.8) is 0 Å². The number of thioether (sulfide) groups is 2. The molecule has 2 aliphatic rings. The molecule has 0 radical (unpaired) electrons. The van der Waals surface area contributed by atoms with E-state index in [2.05, 4.69) is 15.5 Å². The molecule has 4 rings (SSSR count). The van der Waals surface area contributed by atoms with Crippen LogP contribution in [0, 0.1) is 0 Å². The van der Waals surface area contributed by atoms with E-state index < -0.39 is 0 Å². The smallest absolute Gasteiger partial charge is 0.293 e. The topological polar surface area (TPSA) is 111 Å². The lowest BCUT2D eigenvalue weighted by Crippen LogP contribution is -2.37. The summed E-state index contributed by atoms with van der Waals surface area (Å²) >= 11 is 3.51. The molecule has 0 spiro atoms. The van der Waals surface area contributed by atoms with Crippen molar-refractivity contribution in [3.05, 3.63) is 34.2 Å². The molecule has 12 heteroatoms. The first-order valence-corrected chi connectivity index (χ1v) is 11.1. The van der Waals surface area contributed by atoms with E-state index in [1.54, 1.807) is 29.8 Å². The molecule has 2 aromatic rings.